The Hall–Kier alpha value is -2.43. The van der Waals surface area contributed by atoms with Crippen LogP contribution in [0.1, 0.15) is 13.8 Å². The number of sulfone groups is 1. The first kappa shape index (κ1) is 21.3. The van der Waals surface area contributed by atoms with Crippen molar-refractivity contribution in [2.24, 2.45) is 0 Å². The van der Waals surface area contributed by atoms with Gasteiger partial charge in [0.15, 0.2) is 9.84 Å². The smallest absolute Gasteiger partial charge is 0.277 e. The molecule has 0 unspecified atom stereocenters. The van der Waals surface area contributed by atoms with Gasteiger partial charge in [0.25, 0.3) is 11.8 Å². The number of morpholine rings is 1. The summed E-state index contributed by atoms with van der Waals surface area (Å²) in [6.45, 7) is 5.18. The van der Waals surface area contributed by atoms with Gasteiger partial charge < -0.3 is 20.1 Å². The SMILES string of the molecule is CC(C)S(=O)(=O)c1ccc(N2CCOCC2)cc1NC1=CC(=O)N(CCO)C1=O. The molecule has 1 aromatic rings. The summed E-state index contributed by atoms with van der Waals surface area (Å²) in [5, 5.41) is 11.2. The molecule has 2 heterocycles. The largest absolute Gasteiger partial charge is 0.395 e. The van der Waals surface area contributed by atoms with Gasteiger partial charge in [-0.15, -0.1) is 0 Å². The first-order chi connectivity index (χ1) is 13.8. The van der Waals surface area contributed by atoms with Gasteiger partial charge in [-0.2, -0.15) is 0 Å². The molecule has 3 rings (SSSR count). The average molecular weight is 423 g/mol. The highest BCUT2D eigenvalue weighted by atomic mass is 32.2. The van der Waals surface area contributed by atoms with Crippen molar-refractivity contribution in [3.63, 3.8) is 0 Å². The maximum Gasteiger partial charge on any atom is 0.277 e. The Bertz CT molecular complexity index is 935. The van der Waals surface area contributed by atoms with Gasteiger partial charge in [0.1, 0.15) is 5.70 Å². The van der Waals surface area contributed by atoms with Crippen LogP contribution >= 0.6 is 0 Å². The summed E-state index contributed by atoms with van der Waals surface area (Å²) in [4.78, 5) is 27.5. The summed E-state index contributed by atoms with van der Waals surface area (Å²) in [5.74, 6) is -1.15. The maximum atomic E-state index is 12.8. The molecule has 0 aromatic heterocycles. The number of nitrogens with one attached hydrogen (secondary N) is 1. The van der Waals surface area contributed by atoms with Crippen molar-refractivity contribution in [1.82, 2.24) is 4.90 Å². The van der Waals surface area contributed by atoms with Gasteiger partial charge in [0.05, 0.1) is 42.2 Å². The number of anilines is 2. The van der Waals surface area contributed by atoms with Crippen LogP contribution in [0.4, 0.5) is 11.4 Å². The van der Waals surface area contributed by atoms with E-state index in [1.165, 1.54) is 6.07 Å². The van der Waals surface area contributed by atoms with E-state index < -0.39 is 26.9 Å². The summed E-state index contributed by atoms with van der Waals surface area (Å²) in [7, 11) is -3.63. The number of hydrogen-bond acceptors (Lipinski definition) is 8. The third kappa shape index (κ3) is 4.29. The van der Waals surface area contributed by atoms with Crippen molar-refractivity contribution in [1.29, 1.82) is 0 Å². The Balaban J connectivity index is 1.99. The van der Waals surface area contributed by atoms with Crippen LogP contribution in [0, 0.1) is 0 Å². The number of nitrogens with zero attached hydrogens (tertiary/aromatic N) is 2. The number of β-amino-alcohol motifs (C(OH)–C–C–N with tert-alkyl or cyclic N) is 1. The molecule has 2 aliphatic heterocycles. The molecular weight excluding hydrogens is 398 g/mol. The lowest BCUT2D eigenvalue weighted by molar-refractivity contribution is -0.137. The van der Waals surface area contributed by atoms with Crippen LogP contribution in [-0.4, -0.2) is 74.9 Å². The number of hydrogen-bond donors (Lipinski definition) is 2. The van der Waals surface area contributed by atoms with E-state index in [1.807, 2.05) is 0 Å². The van der Waals surface area contributed by atoms with Crippen molar-refractivity contribution >= 4 is 33.0 Å². The van der Waals surface area contributed by atoms with Crippen LogP contribution in [0.25, 0.3) is 0 Å². The zero-order chi connectivity index (χ0) is 21.2. The van der Waals surface area contributed by atoms with Gasteiger partial charge in [-0.05, 0) is 32.0 Å². The van der Waals surface area contributed by atoms with Crippen molar-refractivity contribution in [2.75, 3.05) is 49.7 Å². The molecule has 1 saturated heterocycles. The maximum absolute atomic E-state index is 12.8. The summed E-state index contributed by atoms with van der Waals surface area (Å²) < 4.78 is 31.0. The van der Waals surface area contributed by atoms with Gasteiger partial charge in [-0.25, -0.2) is 8.42 Å². The Kier molecular flexibility index (Phi) is 6.25. The van der Waals surface area contributed by atoms with E-state index in [2.05, 4.69) is 10.2 Å². The lowest BCUT2D eigenvalue weighted by atomic mass is 10.2. The number of imide groups is 1. The van der Waals surface area contributed by atoms with E-state index in [9.17, 15) is 18.0 Å². The lowest BCUT2D eigenvalue weighted by Crippen LogP contribution is -2.36. The van der Waals surface area contributed by atoms with Gasteiger partial charge in [-0.1, -0.05) is 0 Å². The van der Waals surface area contributed by atoms with Crippen molar-refractivity contribution in [3.05, 3.63) is 30.0 Å². The van der Waals surface area contributed by atoms with E-state index in [4.69, 9.17) is 9.84 Å². The van der Waals surface area contributed by atoms with E-state index in [0.717, 1.165) is 16.7 Å². The first-order valence-corrected chi connectivity index (χ1v) is 11.0. The highest BCUT2D eigenvalue weighted by molar-refractivity contribution is 7.92. The highest BCUT2D eigenvalue weighted by Gasteiger charge is 2.32. The predicted molar refractivity (Wildman–Crippen MR) is 107 cm³/mol. The van der Waals surface area contributed by atoms with Crippen molar-refractivity contribution in [2.45, 2.75) is 24.0 Å². The molecule has 0 saturated carbocycles. The molecule has 2 N–H and O–H groups in total. The van der Waals surface area contributed by atoms with Crippen LogP contribution in [0.2, 0.25) is 0 Å². The van der Waals surface area contributed by atoms with Crippen LogP contribution < -0.4 is 10.2 Å². The highest BCUT2D eigenvalue weighted by Crippen LogP contribution is 2.32. The molecule has 29 heavy (non-hydrogen) atoms. The second-order valence-corrected chi connectivity index (χ2v) is 9.55. The van der Waals surface area contributed by atoms with Crippen LogP contribution in [0.5, 0.6) is 0 Å². The summed E-state index contributed by atoms with van der Waals surface area (Å²) in [6, 6.07) is 4.93. The number of carbonyl (C=O) groups is 2. The van der Waals surface area contributed by atoms with E-state index in [0.29, 0.717) is 26.3 Å². The fraction of sp³-hybridized carbons (Fsp3) is 0.474. The zero-order valence-corrected chi connectivity index (χ0v) is 17.2. The number of benzene rings is 1. The normalized spacial score (nSPS) is 17.9. The van der Waals surface area contributed by atoms with Crippen LogP contribution in [-0.2, 0) is 24.2 Å². The molecule has 1 fully saturated rings. The zero-order valence-electron chi connectivity index (χ0n) is 16.4. The second-order valence-electron chi connectivity index (χ2n) is 7.08. The standard InChI is InChI=1S/C19H25N3O6S/c1-13(2)29(26,27)17-4-3-14(21-6-9-28-10-7-21)11-15(17)20-16-12-18(24)22(5-8-23)19(16)25/h3-4,11-13,20,23H,5-10H2,1-2H3. The minimum Gasteiger partial charge on any atom is -0.395 e. The first-order valence-electron chi connectivity index (χ1n) is 9.41. The van der Waals surface area contributed by atoms with Gasteiger partial charge >= 0.3 is 0 Å². The third-order valence-electron chi connectivity index (χ3n) is 4.87. The van der Waals surface area contributed by atoms with Gasteiger partial charge in [0.2, 0.25) is 0 Å². The Labute approximate surface area is 169 Å². The number of ether oxygens (including phenoxy) is 1. The summed E-state index contributed by atoms with van der Waals surface area (Å²) in [6.07, 6.45) is 1.12. The minimum atomic E-state index is -3.63. The van der Waals surface area contributed by atoms with E-state index in [-0.39, 0.29) is 29.4 Å². The molecule has 0 aliphatic carbocycles. The molecule has 9 nitrogen and oxygen atoms in total. The topological polar surface area (TPSA) is 116 Å². The number of aliphatic hydroxyl groups excluding tert-OH is 1. The number of carbonyl (C=O) groups excluding carboxylic acids is 2. The van der Waals surface area contributed by atoms with Crippen LogP contribution in [0.3, 0.4) is 0 Å². The lowest BCUT2D eigenvalue weighted by Gasteiger charge is -2.29. The molecule has 1 aromatic carbocycles. The minimum absolute atomic E-state index is 0.0252. The molecule has 0 radical (unpaired) electrons. The molecule has 0 bridgehead atoms. The Morgan fingerprint density at radius 1 is 1.21 bits per heavy atom. The Morgan fingerprint density at radius 2 is 1.90 bits per heavy atom. The third-order valence-corrected chi connectivity index (χ3v) is 7.08. The fourth-order valence-electron chi connectivity index (χ4n) is 3.19. The van der Waals surface area contributed by atoms with E-state index >= 15 is 0 Å². The molecule has 0 atom stereocenters. The van der Waals surface area contributed by atoms with Gasteiger partial charge in [0, 0.05) is 24.9 Å². The molecule has 0 spiro atoms. The van der Waals surface area contributed by atoms with Crippen molar-refractivity contribution in [3.8, 4) is 0 Å². The monoisotopic (exact) mass is 423 g/mol. The molecule has 158 valence electrons. The number of amides is 2. The molecule has 2 amide bonds. The number of aliphatic hydroxyl groups is 1. The predicted octanol–water partition coefficient (Wildman–Crippen LogP) is 0.362. The number of rotatable bonds is 7. The summed E-state index contributed by atoms with van der Waals surface area (Å²) in [5.41, 5.74) is 1.01. The molecule has 2 aliphatic rings. The van der Waals surface area contributed by atoms with Gasteiger partial charge in [-0.3, -0.25) is 14.5 Å². The second kappa shape index (κ2) is 8.52. The Morgan fingerprint density at radius 3 is 2.52 bits per heavy atom. The summed E-state index contributed by atoms with van der Waals surface area (Å²) >= 11 is 0. The fourth-order valence-corrected chi connectivity index (χ4v) is 4.37. The van der Waals surface area contributed by atoms with Crippen molar-refractivity contribution < 1.29 is 27.9 Å². The average Bonchev–Trinajstić information content (AvgIpc) is 2.96. The van der Waals surface area contributed by atoms with E-state index in [1.54, 1.807) is 26.0 Å². The molecule has 10 heteroatoms. The van der Waals surface area contributed by atoms with Crippen LogP contribution in [0.15, 0.2) is 34.9 Å². The molecular formula is C19H25N3O6S. The quantitative estimate of drug-likeness (QED) is 0.604.